The fourth-order valence-corrected chi connectivity index (χ4v) is 3.90. The Morgan fingerprint density at radius 3 is 2.12 bits per heavy atom. The lowest BCUT2D eigenvalue weighted by Gasteiger charge is -2.26. The van der Waals surface area contributed by atoms with Crippen molar-refractivity contribution < 1.29 is 8.42 Å². The van der Waals surface area contributed by atoms with Crippen LogP contribution >= 0.6 is 0 Å². The molecule has 0 fully saturated rings. The van der Waals surface area contributed by atoms with Crippen LogP contribution in [0.2, 0.25) is 0 Å². The van der Waals surface area contributed by atoms with Gasteiger partial charge in [0.15, 0.2) is 5.84 Å². The molecular weight excluding hydrogens is 322 g/mol. The Kier molecular flexibility index (Phi) is 3.28. The second-order valence-corrected chi connectivity index (χ2v) is 7.06. The lowest BCUT2D eigenvalue weighted by atomic mass is 10.0. The highest BCUT2D eigenvalue weighted by Crippen LogP contribution is 2.35. The highest BCUT2D eigenvalue weighted by Gasteiger charge is 2.35. The first kappa shape index (κ1) is 14.7. The molecule has 0 amide bonds. The Hall–Kier alpha value is -2.86. The van der Waals surface area contributed by atoms with Crippen LogP contribution in [0.5, 0.6) is 0 Å². The number of hydrogen-bond acceptors (Lipinski definition) is 4. The third-order valence-corrected chi connectivity index (χ3v) is 4.89. The maximum absolute atomic E-state index is 12.3. The molecule has 0 spiro atoms. The van der Waals surface area contributed by atoms with E-state index in [1.165, 1.54) is 5.41 Å². The minimum atomic E-state index is -3.69. The quantitative estimate of drug-likeness (QED) is 0.915. The lowest BCUT2D eigenvalue weighted by molar-refractivity contribution is 0.501. The molecule has 2 heterocycles. The first-order valence-corrected chi connectivity index (χ1v) is 9.01. The molecule has 2 aromatic carbocycles. The van der Waals surface area contributed by atoms with Crippen molar-refractivity contribution in [1.82, 2.24) is 10.4 Å². The number of hydrogen-bond donors (Lipinski definition) is 1. The van der Waals surface area contributed by atoms with Crippen molar-refractivity contribution >= 4 is 27.1 Å². The molecule has 0 atom stereocenters. The van der Waals surface area contributed by atoms with E-state index in [0.29, 0.717) is 11.5 Å². The lowest BCUT2D eigenvalue weighted by Crippen LogP contribution is -2.37. The summed E-state index contributed by atoms with van der Waals surface area (Å²) in [5, 5.41) is 2.92. The Balaban J connectivity index is 1.87. The van der Waals surface area contributed by atoms with E-state index in [1.807, 2.05) is 67.6 Å². The van der Waals surface area contributed by atoms with Gasteiger partial charge in [0.05, 0.1) is 11.1 Å². The maximum atomic E-state index is 12.3. The van der Waals surface area contributed by atoms with Gasteiger partial charge in [-0.15, -0.1) is 4.40 Å². The predicted molar refractivity (Wildman–Crippen MR) is 94.8 cm³/mol. The smallest absolute Gasteiger partial charge is 0.279 e. The molecule has 0 saturated heterocycles. The molecule has 5 nitrogen and oxygen atoms in total. The van der Waals surface area contributed by atoms with Crippen molar-refractivity contribution in [1.29, 1.82) is 0 Å². The zero-order valence-electron chi connectivity index (χ0n) is 13.0. The van der Waals surface area contributed by atoms with Crippen LogP contribution in [0.25, 0.3) is 11.3 Å². The summed E-state index contributed by atoms with van der Waals surface area (Å²) >= 11 is 0. The van der Waals surface area contributed by atoms with E-state index in [9.17, 15) is 8.42 Å². The molecule has 4 rings (SSSR count). The number of sulfonamides is 1. The summed E-state index contributed by atoms with van der Waals surface area (Å²) < 4.78 is 28.6. The van der Waals surface area contributed by atoms with Crippen LogP contribution in [0, 0.1) is 0 Å². The van der Waals surface area contributed by atoms with Gasteiger partial charge in [-0.2, -0.15) is 8.42 Å². The average molecular weight is 337 g/mol. The molecule has 0 aliphatic carbocycles. The minimum Gasteiger partial charge on any atom is -0.296 e. The zero-order chi connectivity index (χ0) is 16.7. The third-order valence-electron chi connectivity index (χ3n) is 3.94. The van der Waals surface area contributed by atoms with Gasteiger partial charge in [-0.05, 0) is 12.5 Å². The molecule has 0 unspecified atom stereocenters. The largest absolute Gasteiger partial charge is 0.296 e. The van der Waals surface area contributed by atoms with Crippen molar-refractivity contribution in [2.24, 2.45) is 4.40 Å². The predicted octanol–water partition coefficient (Wildman–Crippen LogP) is 2.98. The van der Waals surface area contributed by atoms with Gasteiger partial charge in [-0.1, -0.05) is 60.7 Å². The van der Waals surface area contributed by atoms with Crippen molar-refractivity contribution in [3.05, 3.63) is 82.9 Å². The molecule has 120 valence electrons. The molecule has 0 radical (unpaired) electrons. The first-order valence-electron chi connectivity index (χ1n) is 7.51. The summed E-state index contributed by atoms with van der Waals surface area (Å²) in [6, 6.07) is 19.1. The molecular formula is C18H15N3O2S. The van der Waals surface area contributed by atoms with Crippen LogP contribution in [0.4, 0.5) is 0 Å². The van der Waals surface area contributed by atoms with Crippen molar-refractivity contribution in [2.75, 3.05) is 0 Å². The number of amidine groups is 1. The van der Waals surface area contributed by atoms with Crippen LogP contribution in [-0.2, 0) is 10.0 Å². The third kappa shape index (κ3) is 2.41. The van der Waals surface area contributed by atoms with Gasteiger partial charge >= 0.3 is 0 Å². The van der Waals surface area contributed by atoms with Gasteiger partial charge in [0.1, 0.15) is 0 Å². The number of hydrazine groups is 1. The molecule has 2 aromatic rings. The minimum absolute atomic E-state index is 0.403. The Labute approximate surface area is 140 Å². The molecule has 0 bridgehead atoms. The molecule has 6 heteroatoms. The average Bonchev–Trinajstić information content (AvgIpc) is 2.90. The van der Waals surface area contributed by atoms with E-state index >= 15 is 0 Å². The van der Waals surface area contributed by atoms with Crippen LogP contribution in [0.15, 0.2) is 76.2 Å². The molecule has 2 aliphatic heterocycles. The summed E-state index contributed by atoms with van der Waals surface area (Å²) in [5.74, 6) is 0.403. The fourth-order valence-electron chi connectivity index (χ4n) is 2.91. The summed E-state index contributed by atoms with van der Waals surface area (Å²) in [4.78, 5) is 0. The Morgan fingerprint density at radius 1 is 0.917 bits per heavy atom. The van der Waals surface area contributed by atoms with E-state index in [-0.39, 0.29) is 0 Å². The molecule has 24 heavy (non-hydrogen) atoms. The number of rotatable bonds is 2. The van der Waals surface area contributed by atoms with E-state index in [0.717, 1.165) is 22.4 Å². The number of benzene rings is 2. The monoisotopic (exact) mass is 337 g/mol. The molecule has 2 aliphatic rings. The fraction of sp³-hybridized carbons (Fsp3) is 0.0556. The molecule has 0 aromatic heterocycles. The summed E-state index contributed by atoms with van der Waals surface area (Å²) in [5.41, 5.74) is 7.19. The topological polar surface area (TPSA) is 61.8 Å². The van der Waals surface area contributed by atoms with Crippen LogP contribution in [0.1, 0.15) is 18.1 Å². The molecule has 1 N–H and O–H groups in total. The van der Waals surface area contributed by atoms with Crippen LogP contribution in [-0.4, -0.2) is 19.3 Å². The summed E-state index contributed by atoms with van der Waals surface area (Å²) in [6.07, 6.45) is 0. The highest BCUT2D eigenvalue weighted by atomic mass is 32.2. The number of nitrogens with zero attached hydrogens (tertiary/aromatic N) is 2. The van der Waals surface area contributed by atoms with Crippen LogP contribution in [0.3, 0.4) is 0 Å². The first-order chi connectivity index (χ1) is 11.6. The van der Waals surface area contributed by atoms with E-state index in [2.05, 4.69) is 9.82 Å². The van der Waals surface area contributed by atoms with Crippen molar-refractivity contribution in [3.63, 3.8) is 0 Å². The van der Waals surface area contributed by atoms with E-state index in [4.69, 9.17) is 0 Å². The number of allylic oxidation sites excluding steroid dienone is 1. The second kappa shape index (κ2) is 5.35. The van der Waals surface area contributed by atoms with Gasteiger partial charge in [0, 0.05) is 16.8 Å². The highest BCUT2D eigenvalue weighted by molar-refractivity contribution is 7.93. The van der Waals surface area contributed by atoms with Gasteiger partial charge in [0.25, 0.3) is 10.0 Å². The second-order valence-electron chi connectivity index (χ2n) is 5.61. The summed E-state index contributed by atoms with van der Waals surface area (Å²) in [6.45, 7) is 1.92. The van der Waals surface area contributed by atoms with Gasteiger partial charge < -0.3 is 0 Å². The normalized spacial score (nSPS) is 18.6. The van der Waals surface area contributed by atoms with Crippen molar-refractivity contribution in [2.45, 2.75) is 6.92 Å². The Morgan fingerprint density at radius 2 is 1.50 bits per heavy atom. The SMILES string of the molecule is CC1=C(c2ccccc2)C2=NS(=O)(=O)C=C(c3ccccc3)N2N1. The van der Waals surface area contributed by atoms with Gasteiger partial charge in [-0.25, -0.2) is 5.01 Å². The zero-order valence-corrected chi connectivity index (χ0v) is 13.8. The van der Waals surface area contributed by atoms with Crippen molar-refractivity contribution in [3.8, 4) is 0 Å². The van der Waals surface area contributed by atoms with Gasteiger partial charge in [-0.3, -0.25) is 5.43 Å². The maximum Gasteiger partial charge on any atom is 0.279 e. The van der Waals surface area contributed by atoms with Gasteiger partial charge in [0.2, 0.25) is 0 Å². The van der Waals surface area contributed by atoms with E-state index in [1.54, 1.807) is 5.01 Å². The standard InChI is InChI=1S/C18H15N3O2S/c1-13-17(15-10-6-3-7-11-15)18-20-24(22,23)12-16(21(18)19-13)14-8-4-2-5-9-14/h2-12,19H,1H3. The number of fused-ring (bicyclic) bond motifs is 1. The molecule has 0 saturated carbocycles. The van der Waals surface area contributed by atoms with E-state index < -0.39 is 10.0 Å². The Bertz CT molecular complexity index is 991. The number of nitrogens with one attached hydrogen (secondary N) is 1. The van der Waals surface area contributed by atoms with Crippen LogP contribution < -0.4 is 5.43 Å². The summed E-state index contributed by atoms with van der Waals surface area (Å²) in [7, 11) is -3.69.